The van der Waals surface area contributed by atoms with E-state index in [9.17, 15) is 15.2 Å². The highest BCUT2D eigenvalue weighted by Crippen LogP contribution is 2.39. The number of pyridine rings is 2. The van der Waals surface area contributed by atoms with Crippen molar-refractivity contribution in [1.29, 1.82) is 0 Å². The van der Waals surface area contributed by atoms with Crippen molar-refractivity contribution < 1.29 is 14.3 Å². The van der Waals surface area contributed by atoms with Crippen LogP contribution in [0.3, 0.4) is 0 Å². The van der Waals surface area contributed by atoms with Crippen LogP contribution in [0, 0.1) is 10.4 Å². The first-order valence-electron chi connectivity index (χ1n) is 11.3. The summed E-state index contributed by atoms with van der Waals surface area (Å²) >= 11 is 10.2. The number of carbonyl (C=O) groups excluding carboxylic acids is 1. The van der Waals surface area contributed by atoms with Crippen molar-refractivity contribution in [3.8, 4) is 0 Å². The highest BCUT2D eigenvalue weighted by molar-refractivity contribution is 9.10. The second kappa shape index (κ2) is 9.52. The average molecular weight is 544 g/mol. The van der Waals surface area contributed by atoms with Crippen molar-refractivity contribution in [2.24, 2.45) is 0 Å². The summed E-state index contributed by atoms with van der Waals surface area (Å²) in [7, 11) is 0. The van der Waals surface area contributed by atoms with Gasteiger partial charge in [-0.05, 0) is 52.0 Å². The number of carbonyl (C=O) groups is 1. The van der Waals surface area contributed by atoms with E-state index in [0.29, 0.717) is 41.6 Å². The molecule has 0 N–H and O–H groups in total. The first-order chi connectivity index (χ1) is 16.4. The minimum atomic E-state index is -0.273. The molecule has 1 saturated heterocycles. The van der Waals surface area contributed by atoms with Crippen LogP contribution in [0.1, 0.15) is 34.0 Å². The van der Waals surface area contributed by atoms with Gasteiger partial charge in [0, 0.05) is 54.5 Å². The van der Waals surface area contributed by atoms with Gasteiger partial charge in [0.2, 0.25) is 11.6 Å². The second-order valence-corrected chi connectivity index (χ2v) is 10.1. The maximum Gasteiger partial charge on any atom is 0.227 e. The molecule has 9 heteroatoms. The zero-order chi connectivity index (χ0) is 23.8. The highest BCUT2D eigenvalue weighted by atomic mass is 79.9. The molecular weight excluding hydrogens is 520 g/mol. The van der Waals surface area contributed by atoms with Gasteiger partial charge >= 0.3 is 0 Å². The average Bonchev–Trinajstić information content (AvgIpc) is 2.99. The summed E-state index contributed by atoms with van der Waals surface area (Å²) in [6, 6.07) is 11.0. The highest BCUT2D eigenvalue weighted by Gasteiger charge is 2.38. The molecule has 0 unspecified atom stereocenters. The minimum absolute atomic E-state index is 0.0332. The van der Waals surface area contributed by atoms with E-state index in [1.54, 1.807) is 18.3 Å². The Bertz CT molecular complexity index is 1230. The van der Waals surface area contributed by atoms with Gasteiger partial charge in [-0.25, -0.2) is 0 Å². The Morgan fingerprint density at radius 3 is 2.50 bits per heavy atom. The molecule has 1 fully saturated rings. The van der Waals surface area contributed by atoms with Crippen LogP contribution < -0.4 is 9.46 Å². The first-order valence-corrected chi connectivity index (χ1v) is 12.5. The summed E-state index contributed by atoms with van der Waals surface area (Å²) in [6.45, 7) is 2.39. The van der Waals surface area contributed by atoms with Gasteiger partial charge in [-0.15, -0.1) is 0 Å². The van der Waals surface area contributed by atoms with E-state index in [1.807, 2.05) is 23.1 Å². The molecule has 7 nitrogen and oxygen atoms in total. The Labute approximate surface area is 211 Å². The van der Waals surface area contributed by atoms with Crippen molar-refractivity contribution in [3.05, 3.63) is 103 Å². The van der Waals surface area contributed by atoms with E-state index in [-0.39, 0.29) is 18.4 Å². The minimum Gasteiger partial charge on any atom is -0.619 e. The third-order valence-corrected chi connectivity index (χ3v) is 7.48. The molecule has 0 bridgehead atoms. The summed E-state index contributed by atoms with van der Waals surface area (Å²) < 4.78 is 2.44. The first kappa shape index (κ1) is 23.1. The van der Waals surface area contributed by atoms with E-state index in [4.69, 9.17) is 11.6 Å². The number of fused-ring (bicyclic) bond motifs is 2. The van der Waals surface area contributed by atoms with Crippen molar-refractivity contribution in [1.82, 2.24) is 9.80 Å². The number of piperazine rings is 1. The molecule has 1 aliphatic carbocycles. The number of benzene rings is 1. The standard InChI is InChI=1S/C25H24BrClN4O3/c26-20-15-19-5-4-18-2-1-3-21(27)23(18)25(24(19)31(34)16-20)29-12-10-28(11-13-29)22(32)14-17-6-8-30(33)9-7-17/h1-3,6-9,15-16,25H,4-5,10-14H2/t25-/m1/s1. The third-order valence-electron chi connectivity index (χ3n) is 6.72. The third kappa shape index (κ3) is 4.50. The lowest BCUT2D eigenvalue weighted by Gasteiger charge is -2.39. The lowest BCUT2D eigenvalue weighted by atomic mass is 9.96. The Hall–Kier alpha value is -2.68. The predicted molar refractivity (Wildman–Crippen MR) is 131 cm³/mol. The van der Waals surface area contributed by atoms with E-state index in [1.165, 1.54) is 12.4 Å². The molecule has 0 radical (unpaired) electrons. The van der Waals surface area contributed by atoms with Crippen LogP contribution in [0.5, 0.6) is 0 Å². The van der Waals surface area contributed by atoms with Gasteiger partial charge in [-0.2, -0.15) is 9.46 Å². The normalized spacial score (nSPS) is 18.2. The topological polar surface area (TPSA) is 77.4 Å². The number of hydrogen-bond donors (Lipinski definition) is 0. The SMILES string of the molecule is O=C(Cc1cc[n+]([O-])cc1)N1CCN([C@@H]2c3c(Cl)cccc3CCc3cc(Br)c[n+]([O-])c32)CC1. The quantitative estimate of drug-likeness (QED) is 0.376. The lowest BCUT2D eigenvalue weighted by molar-refractivity contribution is -0.617. The molecule has 1 atom stereocenters. The van der Waals surface area contributed by atoms with Gasteiger partial charge in [0.05, 0.1) is 10.9 Å². The molecular formula is C25H24BrClN4O3. The lowest BCUT2D eigenvalue weighted by Crippen LogP contribution is -2.52. The zero-order valence-electron chi connectivity index (χ0n) is 18.5. The fourth-order valence-corrected chi connectivity index (χ4v) is 5.80. The molecule has 34 heavy (non-hydrogen) atoms. The number of hydrogen-bond acceptors (Lipinski definition) is 4. The molecule has 0 spiro atoms. The van der Waals surface area contributed by atoms with Crippen molar-refractivity contribution in [3.63, 3.8) is 0 Å². The summed E-state index contributed by atoms with van der Waals surface area (Å²) in [5, 5.41) is 25.0. The Morgan fingerprint density at radius 1 is 1.06 bits per heavy atom. The van der Waals surface area contributed by atoms with Crippen molar-refractivity contribution in [2.45, 2.75) is 25.3 Å². The fourth-order valence-electron chi connectivity index (χ4n) is 5.04. The summed E-state index contributed by atoms with van der Waals surface area (Å²) in [6.07, 6.45) is 6.20. The largest absolute Gasteiger partial charge is 0.619 e. The number of amides is 1. The summed E-state index contributed by atoms with van der Waals surface area (Å²) in [5.41, 5.74) is 4.69. The van der Waals surface area contributed by atoms with E-state index in [0.717, 1.165) is 44.3 Å². The van der Waals surface area contributed by atoms with Crippen LogP contribution in [0.4, 0.5) is 0 Å². The Kier molecular flexibility index (Phi) is 6.46. The van der Waals surface area contributed by atoms with E-state index >= 15 is 0 Å². The molecule has 1 aliphatic heterocycles. The smallest absolute Gasteiger partial charge is 0.227 e. The van der Waals surface area contributed by atoms with Crippen molar-refractivity contribution in [2.75, 3.05) is 26.2 Å². The van der Waals surface area contributed by atoms with Crippen molar-refractivity contribution >= 4 is 33.4 Å². The summed E-state index contributed by atoms with van der Waals surface area (Å²) in [5.74, 6) is 0.0332. The number of aryl methyl sites for hydroxylation is 2. The number of rotatable bonds is 3. The van der Waals surface area contributed by atoms with Gasteiger partial charge in [0.25, 0.3) is 0 Å². The van der Waals surface area contributed by atoms with Crippen LogP contribution in [0.15, 0.2) is 59.5 Å². The van der Waals surface area contributed by atoms with Crippen LogP contribution in [-0.4, -0.2) is 41.9 Å². The van der Waals surface area contributed by atoms with Crippen LogP contribution in [0.2, 0.25) is 5.02 Å². The van der Waals surface area contributed by atoms with E-state index < -0.39 is 0 Å². The molecule has 3 aromatic rings. The molecule has 176 valence electrons. The molecule has 0 saturated carbocycles. The number of nitrogens with zero attached hydrogens (tertiary/aromatic N) is 4. The number of halogens is 2. The van der Waals surface area contributed by atoms with Crippen LogP contribution in [-0.2, 0) is 24.1 Å². The molecule has 3 heterocycles. The predicted octanol–water partition coefficient (Wildman–Crippen LogP) is 2.94. The van der Waals surface area contributed by atoms with Gasteiger partial charge in [0.1, 0.15) is 6.04 Å². The van der Waals surface area contributed by atoms with Crippen LogP contribution >= 0.6 is 27.5 Å². The summed E-state index contributed by atoms with van der Waals surface area (Å²) in [4.78, 5) is 17.0. The van der Waals surface area contributed by atoms with Gasteiger partial charge < -0.3 is 15.3 Å². The fraction of sp³-hybridized carbons (Fsp3) is 0.320. The Balaban J connectivity index is 1.41. The monoisotopic (exact) mass is 542 g/mol. The van der Waals surface area contributed by atoms with E-state index in [2.05, 4.69) is 26.9 Å². The molecule has 5 rings (SSSR count). The maximum atomic E-state index is 13.1. The molecule has 2 aromatic heterocycles. The zero-order valence-corrected chi connectivity index (χ0v) is 20.8. The second-order valence-electron chi connectivity index (χ2n) is 8.77. The molecule has 1 amide bonds. The van der Waals surface area contributed by atoms with Crippen LogP contribution in [0.25, 0.3) is 0 Å². The maximum absolute atomic E-state index is 13.1. The molecule has 1 aromatic carbocycles. The molecule has 2 aliphatic rings. The number of aromatic nitrogens is 2. The Morgan fingerprint density at radius 2 is 1.76 bits per heavy atom. The van der Waals surface area contributed by atoms with Gasteiger partial charge in [-0.1, -0.05) is 23.7 Å². The van der Waals surface area contributed by atoms with Gasteiger partial charge in [0.15, 0.2) is 18.6 Å². The van der Waals surface area contributed by atoms with Gasteiger partial charge in [-0.3, -0.25) is 9.69 Å².